The number of nitrogens with one attached hydrogen (secondary N) is 2. The first-order valence-electron chi connectivity index (χ1n) is 11.6. The van der Waals surface area contributed by atoms with Gasteiger partial charge in [0, 0.05) is 17.7 Å². The van der Waals surface area contributed by atoms with Crippen LogP contribution in [0.5, 0.6) is 0 Å². The van der Waals surface area contributed by atoms with Gasteiger partial charge in [0.2, 0.25) is 0 Å². The number of amides is 1. The van der Waals surface area contributed by atoms with Gasteiger partial charge in [-0.05, 0) is 60.8 Å². The second-order valence-electron chi connectivity index (χ2n) is 9.07. The van der Waals surface area contributed by atoms with Crippen molar-refractivity contribution in [2.45, 2.75) is 51.1 Å². The molecule has 0 saturated heterocycles. The Labute approximate surface area is 189 Å². The number of carbonyl (C=O) groups is 2. The van der Waals surface area contributed by atoms with E-state index >= 15 is 0 Å². The summed E-state index contributed by atoms with van der Waals surface area (Å²) in [5.41, 5.74) is 1.92. The summed E-state index contributed by atoms with van der Waals surface area (Å²) in [5, 5.41) is 17.6. The number of rotatable bonds is 7. The number of hydrogen-bond donors (Lipinski definition) is 3. The van der Waals surface area contributed by atoms with Crippen molar-refractivity contribution in [3.8, 4) is 0 Å². The normalized spacial score (nSPS) is 24.0. The lowest BCUT2D eigenvalue weighted by Gasteiger charge is -2.36. The van der Waals surface area contributed by atoms with Crippen LogP contribution in [0.3, 0.4) is 0 Å². The minimum Gasteiger partial charge on any atom is -0.480 e. The summed E-state index contributed by atoms with van der Waals surface area (Å²) in [4.78, 5) is 22.7. The van der Waals surface area contributed by atoms with E-state index in [0.29, 0.717) is 23.5 Å². The number of allylic oxidation sites excluding steroid dienone is 2. The molecule has 0 bridgehead atoms. The van der Waals surface area contributed by atoms with Gasteiger partial charge in [-0.1, -0.05) is 67.1 Å². The van der Waals surface area contributed by atoms with Gasteiger partial charge in [-0.3, -0.25) is 9.59 Å². The lowest BCUT2D eigenvalue weighted by atomic mass is 9.74. The van der Waals surface area contributed by atoms with Gasteiger partial charge < -0.3 is 15.7 Å². The molecular weight excluding hydrogens is 400 g/mol. The summed E-state index contributed by atoms with van der Waals surface area (Å²) in [7, 11) is 0. The standard InChI is InChI=1S/C27H32N2O3/c1-18(24-11-5-7-20-6-2-3-10-25(20)24)29-23-9-4-8-22(16-23)19-12-14-21(15-13-19)27(32)28-17-26(30)31/h2-3,5-7,10-12,14-15,18-19,22-23,29H,4,8-9,13,16-17H2,1H3,(H,28,32)(H,30,31)/t18-,19?,22+,23+/m1/s1. The van der Waals surface area contributed by atoms with E-state index in [2.05, 4.69) is 66.1 Å². The Kier molecular flexibility index (Phi) is 7.05. The van der Waals surface area contributed by atoms with E-state index in [1.165, 1.54) is 35.6 Å². The maximum Gasteiger partial charge on any atom is 0.322 e. The second kappa shape index (κ2) is 10.1. The predicted octanol–water partition coefficient (Wildman–Crippen LogP) is 4.75. The maximum absolute atomic E-state index is 12.1. The average Bonchev–Trinajstić information content (AvgIpc) is 2.82. The molecule has 32 heavy (non-hydrogen) atoms. The number of hydrogen-bond acceptors (Lipinski definition) is 3. The Balaban J connectivity index is 1.34. The minimum atomic E-state index is -1.03. The van der Waals surface area contributed by atoms with E-state index in [1.807, 2.05) is 12.2 Å². The first-order valence-corrected chi connectivity index (χ1v) is 11.6. The lowest BCUT2D eigenvalue weighted by Crippen LogP contribution is -2.37. The molecule has 4 rings (SSSR count). The highest BCUT2D eigenvalue weighted by Crippen LogP contribution is 2.36. The van der Waals surface area contributed by atoms with Crippen LogP contribution in [0.25, 0.3) is 10.8 Å². The van der Waals surface area contributed by atoms with Crippen molar-refractivity contribution in [3.05, 3.63) is 71.8 Å². The summed E-state index contributed by atoms with van der Waals surface area (Å²) in [6, 6.07) is 15.9. The molecule has 0 aliphatic heterocycles. The molecule has 1 fully saturated rings. The van der Waals surface area contributed by atoms with Gasteiger partial charge in [-0.2, -0.15) is 0 Å². The quantitative estimate of drug-likeness (QED) is 0.590. The van der Waals surface area contributed by atoms with Crippen LogP contribution >= 0.6 is 0 Å². The molecule has 2 aromatic carbocycles. The molecule has 5 nitrogen and oxygen atoms in total. The summed E-state index contributed by atoms with van der Waals surface area (Å²) in [6.07, 6.45) is 11.6. The van der Waals surface area contributed by atoms with E-state index in [1.54, 1.807) is 0 Å². The monoisotopic (exact) mass is 432 g/mol. The Morgan fingerprint density at radius 2 is 1.94 bits per heavy atom. The molecule has 4 atom stereocenters. The SMILES string of the molecule is C[C@@H](N[C@H]1CCC[C@H](C2C=CC(C(=O)NCC(=O)O)=CC2)C1)c1cccc2ccccc12. The van der Waals surface area contributed by atoms with E-state index < -0.39 is 5.97 Å². The molecule has 0 radical (unpaired) electrons. The molecule has 2 aliphatic carbocycles. The smallest absolute Gasteiger partial charge is 0.322 e. The molecule has 2 aromatic rings. The van der Waals surface area contributed by atoms with Crippen molar-refractivity contribution < 1.29 is 14.7 Å². The third-order valence-electron chi connectivity index (χ3n) is 6.89. The zero-order valence-corrected chi connectivity index (χ0v) is 18.6. The van der Waals surface area contributed by atoms with Crippen LogP contribution in [0.1, 0.15) is 50.6 Å². The molecule has 2 aliphatic rings. The first kappa shape index (κ1) is 22.3. The fourth-order valence-corrected chi connectivity index (χ4v) is 5.25. The van der Waals surface area contributed by atoms with Gasteiger partial charge in [0.25, 0.3) is 5.91 Å². The summed E-state index contributed by atoms with van der Waals surface area (Å²) in [6.45, 7) is 1.91. The van der Waals surface area contributed by atoms with Crippen LogP contribution in [-0.2, 0) is 9.59 Å². The van der Waals surface area contributed by atoms with Gasteiger partial charge in [0.1, 0.15) is 6.54 Å². The molecule has 1 unspecified atom stereocenters. The third kappa shape index (κ3) is 5.28. The molecular formula is C27H32N2O3. The topological polar surface area (TPSA) is 78.4 Å². The van der Waals surface area contributed by atoms with Crippen LogP contribution < -0.4 is 10.6 Å². The van der Waals surface area contributed by atoms with Crippen LogP contribution in [-0.4, -0.2) is 29.6 Å². The number of carboxylic acids is 1. The maximum atomic E-state index is 12.1. The van der Waals surface area contributed by atoms with Gasteiger partial charge in [-0.15, -0.1) is 0 Å². The van der Waals surface area contributed by atoms with Gasteiger partial charge in [0.05, 0.1) is 0 Å². The molecule has 1 amide bonds. The van der Waals surface area contributed by atoms with E-state index in [-0.39, 0.29) is 18.5 Å². The highest BCUT2D eigenvalue weighted by Gasteiger charge is 2.29. The Bertz CT molecular complexity index is 1040. The Morgan fingerprint density at radius 1 is 1.12 bits per heavy atom. The Hall–Kier alpha value is -2.92. The molecule has 168 valence electrons. The number of benzene rings is 2. The van der Waals surface area contributed by atoms with Crippen molar-refractivity contribution in [1.82, 2.24) is 10.6 Å². The van der Waals surface area contributed by atoms with Crippen LogP contribution in [0.4, 0.5) is 0 Å². The fourth-order valence-electron chi connectivity index (χ4n) is 5.25. The van der Waals surface area contributed by atoms with Gasteiger partial charge in [-0.25, -0.2) is 0 Å². The van der Waals surface area contributed by atoms with Crippen LogP contribution in [0, 0.1) is 11.8 Å². The molecule has 0 heterocycles. The third-order valence-corrected chi connectivity index (χ3v) is 6.89. The molecule has 5 heteroatoms. The van der Waals surface area contributed by atoms with Crippen molar-refractivity contribution >= 4 is 22.6 Å². The highest BCUT2D eigenvalue weighted by molar-refractivity contribution is 5.97. The summed E-state index contributed by atoms with van der Waals surface area (Å²) in [5.74, 6) is -0.315. The Morgan fingerprint density at radius 3 is 2.72 bits per heavy atom. The summed E-state index contributed by atoms with van der Waals surface area (Å²) < 4.78 is 0. The van der Waals surface area contributed by atoms with Crippen molar-refractivity contribution in [2.75, 3.05) is 6.54 Å². The first-order chi connectivity index (χ1) is 15.5. The van der Waals surface area contributed by atoms with Crippen molar-refractivity contribution in [1.29, 1.82) is 0 Å². The van der Waals surface area contributed by atoms with Gasteiger partial charge >= 0.3 is 5.97 Å². The number of carboxylic acid groups (broad SMARTS) is 1. The van der Waals surface area contributed by atoms with E-state index in [4.69, 9.17) is 5.11 Å². The van der Waals surface area contributed by atoms with Crippen molar-refractivity contribution in [2.24, 2.45) is 11.8 Å². The van der Waals surface area contributed by atoms with Crippen LogP contribution in [0.15, 0.2) is 66.3 Å². The number of aliphatic carboxylic acids is 1. The lowest BCUT2D eigenvalue weighted by molar-refractivity contribution is -0.137. The number of fused-ring (bicyclic) bond motifs is 1. The zero-order valence-electron chi connectivity index (χ0n) is 18.6. The second-order valence-corrected chi connectivity index (χ2v) is 9.07. The van der Waals surface area contributed by atoms with E-state index in [0.717, 1.165) is 12.8 Å². The van der Waals surface area contributed by atoms with Gasteiger partial charge in [0.15, 0.2) is 0 Å². The van der Waals surface area contributed by atoms with Crippen LogP contribution in [0.2, 0.25) is 0 Å². The summed E-state index contributed by atoms with van der Waals surface area (Å²) >= 11 is 0. The highest BCUT2D eigenvalue weighted by atomic mass is 16.4. The fraction of sp³-hybridized carbons (Fsp3) is 0.407. The minimum absolute atomic E-state index is 0.288. The van der Waals surface area contributed by atoms with Crippen molar-refractivity contribution in [3.63, 3.8) is 0 Å². The van der Waals surface area contributed by atoms with E-state index in [9.17, 15) is 9.59 Å². The molecule has 3 N–H and O–H groups in total. The molecule has 0 spiro atoms. The predicted molar refractivity (Wildman–Crippen MR) is 127 cm³/mol. The average molecular weight is 433 g/mol. The molecule has 1 saturated carbocycles. The largest absolute Gasteiger partial charge is 0.480 e. The molecule has 0 aromatic heterocycles. The zero-order chi connectivity index (χ0) is 22.5. The number of carbonyl (C=O) groups excluding carboxylic acids is 1.